The van der Waals surface area contributed by atoms with Crippen LogP contribution in [-0.4, -0.2) is 34.7 Å². The van der Waals surface area contributed by atoms with E-state index in [9.17, 15) is 4.79 Å². The zero-order valence-corrected chi connectivity index (χ0v) is 12.8. The van der Waals surface area contributed by atoms with Gasteiger partial charge in [-0.15, -0.1) is 0 Å². The summed E-state index contributed by atoms with van der Waals surface area (Å²) in [6.45, 7) is 3.07. The van der Waals surface area contributed by atoms with E-state index < -0.39 is 0 Å². The molecule has 0 unspecified atom stereocenters. The quantitative estimate of drug-likeness (QED) is 0.334. The number of carbonyl (C=O) groups excluding carboxylic acids is 1. The maximum atomic E-state index is 11.3. The van der Waals surface area contributed by atoms with Crippen LogP contribution in [0.1, 0.15) is 19.4 Å². The van der Waals surface area contributed by atoms with Crippen molar-refractivity contribution in [2.75, 3.05) is 11.9 Å². The van der Waals surface area contributed by atoms with Gasteiger partial charge in [-0.25, -0.2) is 0 Å². The first-order chi connectivity index (χ1) is 9.86. The van der Waals surface area contributed by atoms with Gasteiger partial charge in [0.15, 0.2) is 5.11 Å². The van der Waals surface area contributed by atoms with E-state index in [2.05, 4.69) is 27.9 Å². The third-order valence-corrected chi connectivity index (χ3v) is 2.86. The SMILES string of the molecule is CC(=O)N(C)c1ccc(C(=NNC(N)=S)C(C)=NO)cc1. The van der Waals surface area contributed by atoms with E-state index in [1.807, 2.05) is 0 Å². The van der Waals surface area contributed by atoms with Crippen molar-refractivity contribution in [2.24, 2.45) is 16.0 Å². The number of hydrazone groups is 1. The zero-order valence-electron chi connectivity index (χ0n) is 12.0. The van der Waals surface area contributed by atoms with Crippen LogP contribution in [0.5, 0.6) is 0 Å². The number of benzene rings is 1. The van der Waals surface area contributed by atoms with Gasteiger partial charge in [0.2, 0.25) is 5.91 Å². The van der Waals surface area contributed by atoms with Gasteiger partial charge in [0.1, 0.15) is 11.4 Å². The highest BCUT2D eigenvalue weighted by molar-refractivity contribution is 7.80. The number of thiocarbonyl (C=S) groups is 1. The lowest BCUT2D eigenvalue weighted by Gasteiger charge is -2.15. The molecule has 4 N–H and O–H groups in total. The summed E-state index contributed by atoms with van der Waals surface area (Å²) >= 11 is 4.68. The molecule has 0 aliphatic heterocycles. The van der Waals surface area contributed by atoms with Crippen molar-refractivity contribution in [3.05, 3.63) is 29.8 Å². The first-order valence-electron chi connectivity index (χ1n) is 6.03. The van der Waals surface area contributed by atoms with Gasteiger partial charge in [-0.05, 0) is 31.3 Å². The van der Waals surface area contributed by atoms with E-state index in [1.54, 1.807) is 38.2 Å². The molecule has 0 spiro atoms. The lowest BCUT2D eigenvalue weighted by atomic mass is 10.1. The predicted molar refractivity (Wildman–Crippen MR) is 86.9 cm³/mol. The summed E-state index contributed by atoms with van der Waals surface area (Å²) < 4.78 is 0. The van der Waals surface area contributed by atoms with Gasteiger partial charge in [-0.1, -0.05) is 17.3 Å². The molecule has 7 nitrogen and oxygen atoms in total. The summed E-state index contributed by atoms with van der Waals surface area (Å²) in [7, 11) is 1.68. The van der Waals surface area contributed by atoms with Crippen molar-refractivity contribution in [2.45, 2.75) is 13.8 Å². The molecule has 0 aliphatic rings. The van der Waals surface area contributed by atoms with Gasteiger partial charge in [0, 0.05) is 25.2 Å². The molecule has 0 fully saturated rings. The first-order valence-corrected chi connectivity index (χ1v) is 6.44. The molecule has 0 aromatic heterocycles. The Labute approximate surface area is 128 Å². The van der Waals surface area contributed by atoms with E-state index in [1.165, 1.54) is 11.8 Å². The van der Waals surface area contributed by atoms with Crippen LogP contribution in [0.4, 0.5) is 5.69 Å². The molecule has 0 saturated heterocycles. The highest BCUT2D eigenvalue weighted by atomic mass is 32.1. The van der Waals surface area contributed by atoms with E-state index in [0.717, 1.165) is 5.69 Å². The highest BCUT2D eigenvalue weighted by Crippen LogP contribution is 2.15. The molecule has 112 valence electrons. The van der Waals surface area contributed by atoms with E-state index in [0.29, 0.717) is 17.0 Å². The summed E-state index contributed by atoms with van der Waals surface area (Å²) in [5, 5.41) is 16.0. The molecule has 0 atom stereocenters. The third kappa shape index (κ3) is 4.53. The van der Waals surface area contributed by atoms with E-state index in [-0.39, 0.29) is 11.0 Å². The number of amides is 1. The second-order valence-corrected chi connectivity index (χ2v) is 4.69. The minimum absolute atomic E-state index is 0.00572. The fraction of sp³-hybridized carbons (Fsp3) is 0.231. The lowest BCUT2D eigenvalue weighted by Crippen LogP contribution is -2.27. The summed E-state index contributed by atoms with van der Waals surface area (Å²) in [5.41, 5.74) is 9.90. The molecule has 0 saturated carbocycles. The molecule has 0 radical (unpaired) electrons. The average Bonchev–Trinajstić information content (AvgIpc) is 2.46. The molecular weight excluding hydrogens is 290 g/mol. The first kappa shape index (κ1) is 16.6. The maximum absolute atomic E-state index is 11.3. The van der Waals surface area contributed by atoms with Gasteiger partial charge in [0.25, 0.3) is 0 Å². The third-order valence-electron chi connectivity index (χ3n) is 2.77. The molecule has 1 rings (SSSR count). The standard InChI is InChI=1S/C13H17N5O2S/c1-8(17-20)12(15-16-13(14)21)10-4-6-11(7-5-10)18(3)9(2)19/h4-7,20H,1-3H3,(H3,14,16,21). The Kier molecular flexibility index (Phi) is 5.79. The second kappa shape index (κ2) is 7.34. The van der Waals surface area contributed by atoms with Crippen LogP contribution < -0.4 is 16.1 Å². The summed E-state index contributed by atoms with van der Waals surface area (Å²) in [5.74, 6) is -0.0695. The topological polar surface area (TPSA) is 103 Å². The Balaban J connectivity index is 3.13. The van der Waals surface area contributed by atoms with Gasteiger partial charge in [-0.2, -0.15) is 5.10 Å². The van der Waals surface area contributed by atoms with Crippen molar-refractivity contribution in [1.29, 1.82) is 0 Å². The number of carbonyl (C=O) groups is 1. The van der Waals surface area contributed by atoms with Crippen LogP contribution in [0, 0.1) is 0 Å². The van der Waals surface area contributed by atoms with Gasteiger partial charge in [-0.3, -0.25) is 10.2 Å². The molecule has 1 aromatic rings. The lowest BCUT2D eigenvalue weighted by molar-refractivity contribution is -0.116. The van der Waals surface area contributed by atoms with Crippen molar-refractivity contribution in [1.82, 2.24) is 5.43 Å². The Morgan fingerprint density at radius 3 is 2.33 bits per heavy atom. The zero-order chi connectivity index (χ0) is 16.0. The Morgan fingerprint density at radius 2 is 1.90 bits per heavy atom. The number of rotatable bonds is 4. The van der Waals surface area contributed by atoms with E-state index in [4.69, 9.17) is 10.9 Å². The number of nitrogens with two attached hydrogens (primary N) is 1. The summed E-state index contributed by atoms with van der Waals surface area (Å²) in [4.78, 5) is 12.8. The average molecular weight is 307 g/mol. The molecular formula is C13H17N5O2S. The molecule has 1 aromatic carbocycles. The normalized spacial score (nSPS) is 12.0. The fourth-order valence-electron chi connectivity index (χ4n) is 1.54. The second-order valence-electron chi connectivity index (χ2n) is 4.25. The Morgan fingerprint density at radius 1 is 1.33 bits per heavy atom. The van der Waals surface area contributed by atoms with Crippen LogP contribution in [0.2, 0.25) is 0 Å². The van der Waals surface area contributed by atoms with Gasteiger partial charge in [0.05, 0.1) is 0 Å². The summed E-state index contributed by atoms with van der Waals surface area (Å²) in [6.07, 6.45) is 0. The molecule has 0 bridgehead atoms. The monoisotopic (exact) mass is 307 g/mol. The minimum atomic E-state index is -0.0695. The molecule has 21 heavy (non-hydrogen) atoms. The minimum Gasteiger partial charge on any atom is -0.411 e. The smallest absolute Gasteiger partial charge is 0.223 e. The molecule has 0 aliphatic carbocycles. The van der Waals surface area contributed by atoms with Crippen LogP contribution in [-0.2, 0) is 4.79 Å². The van der Waals surface area contributed by atoms with Crippen LogP contribution >= 0.6 is 12.2 Å². The number of hydrogen-bond donors (Lipinski definition) is 3. The highest BCUT2D eigenvalue weighted by Gasteiger charge is 2.11. The number of anilines is 1. The largest absolute Gasteiger partial charge is 0.411 e. The maximum Gasteiger partial charge on any atom is 0.223 e. The number of hydrogen-bond acceptors (Lipinski definition) is 5. The number of nitrogens with zero attached hydrogens (tertiary/aromatic N) is 3. The van der Waals surface area contributed by atoms with Crippen LogP contribution in [0.25, 0.3) is 0 Å². The van der Waals surface area contributed by atoms with Crippen molar-refractivity contribution < 1.29 is 10.0 Å². The van der Waals surface area contributed by atoms with Crippen molar-refractivity contribution in [3.63, 3.8) is 0 Å². The van der Waals surface area contributed by atoms with Crippen molar-refractivity contribution >= 4 is 40.3 Å². The number of oxime groups is 1. The number of nitrogens with one attached hydrogen (secondary N) is 1. The van der Waals surface area contributed by atoms with Crippen LogP contribution in [0.15, 0.2) is 34.5 Å². The van der Waals surface area contributed by atoms with Crippen molar-refractivity contribution in [3.8, 4) is 0 Å². The Hall–Kier alpha value is -2.48. The molecule has 1 amide bonds. The molecule has 0 heterocycles. The van der Waals surface area contributed by atoms with E-state index >= 15 is 0 Å². The van der Waals surface area contributed by atoms with Gasteiger partial charge < -0.3 is 15.8 Å². The Bertz CT molecular complexity index is 595. The fourth-order valence-corrected chi connectivity index (χ4v) is 1.58. The molecule has 8 heteroatoms. The summed E-state index contributed by atoms with van der Waals surface area (Å²) in [6, 6.07) is 7.03. The van der Waals surface area contributed by atoms with Crippen LogP contribution in [0.3, 0.4) is 0 Å². The predicted octanol–water partition coefficient (Wildman–Crippen LogP) is 1.06. The van der Waals surface area contributed by atoms with Gasteiger partial charge >= 0.3 is 0 Å².